The predicted molar refractivity (Wildman–Crippen MR) is 144 cm³/mol. The van der Waals surface area contributed by atoms with Crippen molar-refractivity contribution in [2.75, 3.05) is 20.8 Å². The van der Waals surface area contributed by atoms with Gasteiger partial charge in [-0.1, -0.05) is 30.7 Å². The first-order valence-electron chi connectivity index (χ1n) is 12.4. The zero-order valence-corrected chi connectivity index (χ0v) is 22.9. The van der Waals surface area contributed by atoms with Gasteiger partial charge in [0.15, 0.2) is 17.3 Å². The standard InChI is InChI=1S/C28H26ClN3O8/c1-13-11-17(34)21(14(2)30-10-9-20-31-32-27(39-20)15-7-5-6-8-16(15)33)25(35)28(13)26(36)22-18(37-3)12-19(38-4)23(29)24(22)40-28/h5-8,12-13,33,35H,9-11H2,1-4H3/t13-,28+/m1/s1. The van der Waals surface area contributed by atoms with Crippen LogP contribution in [0.15, 0.2) is 51.1 Å². The number of aromatic nitrogens is 2. The van der Waals surface area contributed by atoms with Crippen LogP contribution >= 0.6 is 11.6 Å². The molecule has 2 aromatic carbocycles. The third-order valence-corrected chi connectivity index (χ3v) is 7.47. The molecule has 11 nitrogen and oxygen atoms in total. The lowest BCUT2D eigenvalue weighted by Crippen LogP contribution is -2.53. The number of aliphatic imine (C=N–C) groups is 1. The number of carbonyl (C=O) groups is 2. The van der Waals surface area contributed by atoms with E-state index in [1.54, 1.807) is 32.0 Å². The second-order valence-corrected chi connectivity index (χ2v) is 9.83. The number of benzene rings is 2. The highest BCUT2D eigenvalue weighted by atomic mass is 35.5. The topological polar surface area (TPSA) is 154 Å². The molecule has 3 aromatic rings. The Kier molecular flexibility index (Phi) is 7.01. The number of hydrogen-bond acceptors (Lipinski definition) is 11. The van der Waals surface area contributed by atoms with E-state index in [9.17, 15) is 19.8 Å². The minimum Gasteiger partial charge on any atom is -0.507 e. The molecule has 1 spiro atoms. The van der Waals surface area contributed by atoms with Crippen LogP contribution < -0.4 is 14.2 Å². The molecule has 2 heterocycles. The maximum Gasteiger partial charge on any atom is 0.251 e. The number of para-hydroxylation sites is 1. The molecule has 12 heteroatoms. The average Bonchev–Trinajstić information content (AvgIpc) is 3.52. The first-order valence-corrected chi connectivity index (χ1v) is 12.8. The van der Waals surface area contributed by atoms with E-state index < -0.39 is 23.1 Å². The normalized spacial score (nSPS) is 20.6. The number of halogens is 1. The van der Waals surface area contributed by atoms with Crippen LogP contribution in [0.25, 0.3) is 11.5 Å². The summed E-state index contributed by atoms with van der Waals surface area (Å²) < 4.78 is 22.4. The van der Waals surface area contributed by atoms with E-state index in [0.717, 1.165) is 0 Å². The van der Waals surface area contributed by atoms with Crippen molar-refractivity contribution >= 4 is 28.9 Å². The van der Waals surface area contributed by atoms with Gasteiger partial charge in [0.2, 0.25) is 17.3 Å². The lowest BCUT2D eigenvalue weighted by molar-refractivity contribution is -0.118. The summed E-state index contributed by atoms with van der Waals surface area (Å²) >= 11 is 6.47. The van der Waals surface area contributed by atoms with Crippen molar-refractivity contribution in [1.82, 2.24) is 10.2 Å². The fraction of sp³-hybridized carbons (Fsp3) is 0.321. The number of allylic oxidation sites excluding steroid dienone is 1. The van der Waals surface area contributed by atoms with Gasteiger partial charge in [-0.25, -0.2) is 0 Å². The predicted octanol–water partition coefficient (Wildman–Crippen LogP) is 4.55. The molecule has 0 amide bonds. The van der Waals surface area contributed by atoms with Crippen molar-refractivity contribution in [3.05, 3.63) is 58.1 Å². The SMILES string of the molecule is COc1cc(OC)c2c(c1Cl)O[C@]1(C2=O)C(O)=C(C(C)=NCCc2nnc(-c3ccccc3O)o2)C(=O)C[C@H]1C. The quantitative estimate of drug-likeness (QED) is 0.388. The van der Waals surface area contributed by atoms with Crippen LogP contribution in [0.3, 0.4) is 0 Å². The molecule has 5 rings (SSSR count). The molecule has 2 N–H and O–H groups in total. The number of fused-ring (bicyclic) bond motifs is 1. The summed E-state index contributed by atoms with van der Waals surface area (Å²) in [4.78, 5) is 31.4. The van der Waals surface area contributed by atoms with Gasteiger partial charge >= 0.3 is 0 Å². The van der Waals surface area contributed by atoms with Crippen LogP contribution in [0.1, 0.15) is 36.5 Å². The Morgan fingerprint density at radius 2 is 1.90 bits per heavy atom. The summed E-state index contributed by atoms with van der Waals surface area (Å²) in [7, 11) is 2.80. The highest BCUT2D eigenvalue weighted by Gasteiger charge is 2.61. The third kappa shape index (κ3) is 4.17. The molecule has 1 aromatic heterocycles. The maximum absolute atomic E-state index is 13.8. The molecule has 40 heavy (non-hydrogen) atoms. The zero-order valence-electron chi connectivity index (χ0n) is 22.1. The summed E-state index contributed by atoms with van der Waals surface area (Å²) in [6, 6.07) is 8.05. The monoisotopic (exact) mass is 567 g/mol. The van der Waals surface area contributed by atoms with Gasteiger partial charge in [0.05, 0.1) is 25.4 Å². The number of phenols is 1. The summed E-state index contributed by atoms with van der Waals surface area (Å²) in [6.45, 7) is 3.36. The molecule has 0 unspecified atom stereocenters. The Labute approximate surface area is 234 Å². The minimum atomic E-state index is -1.88. The van der Waals surface area contributed by atoms with Crippen molar-refractivity contribution in [2.45, 2.75) is 32.3 Å². The number of Topliss-reactive ketones (excluding diaryl/α,β-unsaturated/α-hetero) is 2. The van der Waals surface area contributed by atoms with E-state index in [2.05, 4.69) is 15.2 Å². The number of aliphatic hydroxyl groups excluding tert-OH is 1. The second-order valence-electron chi connectivity index (χ2n) is 9.45. The number of carbonyl (C=O) groups excluding carboxylic acids is 2. The number of aliphatic hydroxyl groups is 1. The van der Waals surface area contributed by atoms with Gasteiger partial charge in [0.1, 0.15) is 27.8 Å². The van der Waals surface area contributed by atoms with Gasteiger partial charge in [-0.3, -0.25) is 14.6 Å². The van der Waals surface area contributed by atoms with E-state index in [1.165, 1.54) is 26.4 Å². The molecule has 1 aliphatic heterocycles. The summed E-state index contributed by atoms with van der Waals surface area (Å²) in [5.74, 6) is -1.33. The minimum absolute atomic E-state index is 0.0103. The van der Waals surface area contributed by atoms with Crippen molar-refractivity contribution < 1.29 is 38.4 Å². The van der Waals surface area contributed by atoms with Gasteiger partial charge in [-0.05, 0) is 19.1 Å². The van der Waals surface area contributed by atoms with Crippen LogP contribution in [-0.4, -0.2) is 64.1 Å². The highest BCUT2D eigenvalue weighted by Crippen LogP contribution is 2.54. The third-order valence-electron chi connectivity index (χ3n) is 7.11. The number of ether oxygens (including phenoxy) is 3. The first-order chi connectivity index (χ1) is 19.1. The Hall–Kier alpha value is -4.38. The van der Waals surface area contributed by atoms with Gasteiger partial charge in [0, 0.05) is 37.1 Å². The molecule has 2 atom stereocenters. The molecule has 0 saturated heterocycles. The van der Waals surface area contributed by atoms with E-state index >= 15 is 0 Å². The number of nitrogens with zero attached hydrogens (tertiary/aromatic N) is 3. The number of aromatic hydroxyl groups is 1. The molecular weight excluding hydrogens is 542 g/mol. The second kappa shape index (κ2) is 10.3. The molecule has 0 fully saturated rings. The van der Waals surface area contributed by atoms with Crippen molar-refractivity contribution in [1.29, 1.82) is 0 Å². The molecule has 0 radical (unpaired) electrons. The van der Waals surface area contributed by atoms with E-state index in [4.69, 9.17) is 30.2 Å². The molecule has 2 aliphatic rings. The molecule has 1 aliphatic carbocycles. The summed E-state index contributed by atoms with van der Waals surface area (Å²) in [6.07, 6.45) is 0.159. The van der Waals surface area contributed by atoms with E-state index in [-0.39, 0.29) is 81.8 Å². The number of methoxy groups -OCH3 is 2. The van der Waals surface area contributed by atoms with Gasteiger partial charge < -0.3 is 28.8 Å². The van der Waals surface area contributed by atoms with Crippen LogP contribution in [0.5, 0.6) is 23.0 Å². The van der Waals surface area contributed by atoms with Crippen LogP contribution in [0.4, 0.5) is 0 Å². The molecular formula is C28H26ClN3O8. The summed E-state index contributed by atoms with van der Waals surface area (Å²) in [5.41, 5.74) is -1.30. The average molecular weight is 568 g/mol. The smallest absolute Gasteiger partial charge is 0.251 e. The molecule has 208 valence electrons. The summed E-state index contributed by atoms with van der Waals surface area (Å²) in [5, 5.41) is 29.5. The number of phenolic OH excluding ortho intramolecular Hbond substituents is 1. The van der Waals surface area contributed by atoms with Crippen LogP contribution in [0.2, 0.25) is 5.02 Å². The first kappa shape index (κ1) is 27.2. The van der Waals surface area contributed by atoms with Crippen LogP contribution in [0, 0.1) is 5.92 Å². The highest BCUT2D eigenvalue weighted by molar-refractivity contribution is 6.35. The fourth-order valence-electron chi connectivity index (χ4n) is 5.05. The van der Waals surface area contributed by atoms with E-state index in [0.29, 0.717) is 5.56 Å². The Morgan fingerprint density at radius 1 is 1.18 bits per heavy atom. The van der Waals surface area contributed by atoms with E-state index in [1.807, 2.05) is 0 Å². The largest absolute Gasteiger partial charge is 0.507 e. The lowest BCUT2D eigenvalue weighted by Gasteiger charge is -2.37. The van der Waals surface area contributed by atoms with Crippen LogP contribution in [-0.2, 0) is 11.2 Å². The zero-order chi connectivity index (χ0) is 28.8. The van der Waals surface area contributed by atoms with Gasteiger partial charge in [0.25, 0.3) is 5.89 Å². The number of ketones is 2. The van der Waals surface area contributed by atoms with Crippen molar-refractivity contribution in [2.24, 2.45) is 10.9 Å². The van der Waals surface area contributed by atoms with Crippen molar-refractivity contribution in [3.63, 3.8) is 0 Å². The lowest BCUT2D eigenvalue weighted by atomic mass is 9.72. The Balaban J connectivity index is 1.45. The Bertz CT molecular complexity index is 1590. The fourth-order valence-corrected chi connectivity index (χ4v) is 5.31. The number of hydrogen-bond donors (Lipinski definition) is 2. The molecule has 0 saturated carbocycles. The van der Waals surface area contributed by atoms with Gasteiger partial charge in [-0.15, -0.1) is 10.2 Å². The molecule has 0 bridgehead atoms. The van der Waals surface area contributed by atoms with Crippen molar-refractivity contribution in [3.8, 4) is 34.5 Å². The Morgan fingerprint density at radius 3 is 2.60 bits per heavy atom. The maximum atomic E-state index is 13.8. The number of rotatable bonds is 7. The van der Waals surface area contributed by atoms with Gasteiger partial charge in [-0.2, -0.15) is 0 Å².